The van der Waals surface area contributed by atoms with Crippen molar-refractivity contribution in [1.82, 2.24) is 5.01 Å². The highest BCUT2D eigenvalue weighted by molar-refractivity contribution is 14.1. The Morgan fingerprint density at radius 3 is 2.33 bits per heavy atom. The van der Waals surface area contributed by atoms with Crippen LogP contribution in [0.25, 0.3) is 0 Å². The average molecular weight is 371 g/mol. The maximum atomic E-state index is 12.8. The van der Waals surface area contributed by atoms with Crippen LogP contribution in [0.5, 0.6) is 0 Å². The third kappa shape index (κ3) is 4.11. The van der Waals surface area contributed by atoms with Gasteiger partial charge in [0.15, 0.2) is 0 Å². The molecule has 1 rings (SSSR count). The summed E-state index contributed by atoms with van der Waals surface area (Å²) in [5, 5.41) is 9.06. The molecule has 0 fully saturated rings. The number of benzene rings is 1. The number of rotatable bonds is 4. The molecule has 0 spiro atoms. The highest BCUT2D eigenvalue weighted by Crippen LogP contribution is 2.37. The quantitative estimate of drug-likeness (QED) is 0.430. The first kappa shape index (κ1) is 15.2. The van der Waals surface area contributed by atoms with Crippen LogP contribution in [0, 0.1) is 3.57 Å². The standard InChI is InChI=1S/C11H13F3IN3/c1-3-18(4-2)17-16-10-6-5-8(15)7-9(10)11(12,13)14/h5-7H,3-4H2,1-2H3. The summed E-state index contributed by atoms with van der Waals surface area (Å²) >= 11 is 1.84. The summed E-state index contributed by atoms with van der Waals surface area (Å²) in [4.78, 5) is 0. The van der Waals surface area contributed by atoms with Crippen LogP contribution in [-0.2, 0) is 6.18 Å². The zero-order chi connectivity index (χ0) is 13.8. The SMILES string of the molecule is CCN(CC)N=Nc1ccc(I)cc1C(F)(F)F. The molecule has 0 aliphatic rings. The number of nitrogens with zero attached hydrogens (tertiary/aromatic N) is 3. The zero-order valence-corrected chi connectivity index (χ0v) is 12.2. The Hall–Kier alpha value is -0.860. The molecule has 1 aromatic carbocycles. The first-order valence-electron chi connectivity index (χ1n) is 5.41. The first-order chi connectivity index (χ1) is 8.38. The summed E-state index contributed by atoms with van der Waals surface area (Å²) in [5.41, 5.74) is -0.917. The van der Waals surface area contributed by atoms with E-state index in [1.165, 1.54) is 6.07 Å². The lowest BCUT2D eigenvalue weighted by molar-refractivity contribution is -0.137. The minimum atomic E-state index is -4.42. The molecule has 0 saturated carbocycles. The third-order valence-electron chi connectivity index (χ3n) is 2.27. The molecule has 7 heteroatoms. The minimum absolute atomic E-state index is 0.158. The molecule has 0 heterocycles. The minimum Gasteiger partial charge on any atom is -0.279 e. The summed E-state index contributed by atoms with van der Waals surface area (Å²) < 4.78 is 38.9. The molecule has 0 aliphatic heterocycles. The zero-order valence-electron chi connectivity index (χ0n) is 10.00. The summed E-state index contributed by atoms with van der Waals surface area (Å²) in [5.74, 6) is 0. The molecule has 1 aromatic rings. The number of halogens is 4. The molecule has 0 saturated heterocycles. The molecule has 100 valence electrons. The Labute approximate surface area is 117 Å². The molecule has 0 amide bonds. The van der Waals surface area contributed by atoms with Crippen molar-refractivity contribution < 1.29 is 13.2 Å². The molecular formula is C11H13F3IN3. The van der Waals surface area contributed by atoms with Gasteiger partial charge in [-0.1, -0.05) is 5.22 Å². The van der Waals surface area contributed by atoms with E-state index in [1.807, 2.05) is 36.4 Å². The fourth-order valence-electron chi connectivity index (χ4n) is 1.28. The van der Waals surface area contributed by atoms with Gasteiger partial charge in [0.05, 0.1) is 11.3 Å². The van der Waals surface area contributed by atoms with Crippen molar-refractivity contribution in [2.75, 3.05) is 13.1 Å². The van der Waals surface area contributed by atoms with Gasteiger partial charge in [0.1, 0.15) is 0 Å². The maximum absolute atomic E-state index is 12.8. The second-order valence-electron chi connectivity index (χ2n) is 3.49. The summed E-state index contributed by atoms with van der Waals surface area (Å²) in [6, 6.07) is 3.97. The fraction of sp³-hybridized carbons (Fsp3) is 0.455. The molecular weight excluding hydrogens is 358 g/mol. The molecule has 0 radical (unpaired) electrons. The van der Waals surface area contributed by atoms with E-state index in [0.717, 1.165) is 6.07 Å². The largest absolute Gasteiger partial charge is 0.418 e. The van der Waals surface area contributed by atoms with Gasteiger partial charge in [-0.3, -0.25) is 5.01 Å². The number of hydrogen-bond acceptors (Lipinski definition) is 2. The van der Waals surface area contributed by atoms with Crippen LogP contribution >= 0.6 is 22.6 Å². The summed E-state index contributed by atoms with van der Waals surface area (Å²) in [6.45, 7) is 4.93. The van der Waals surface area contributed by atoms with Gasteiger partial charge in [-0.2, -0.15) is 13.2 Å². The lowest BCUT2D eigenvalue weighted by Crippen LogP contribution is -2.14. The van der Waals surface area contributed by atoms with Crippen LogP contribution in [0.4, 0.5) is 18.9 Å². The predicted molar refractivity (Wildman–Crippen MR) is 71.6 cm³/mol. The highest BCUT2D eigenvalue weighted by atomic mass is 127. The van der Waals surface area contributed by atoms with E-state index >= 15 is 0 Å². The maximum Gasteiger partial charge on any atom is 0.418 e. The van der Waals surface area contributed by atoms with E-state index in [4.69, 9.17) is 0 Å². The lowest BCUT2D eigenvalue weighted by atomic mass is 10.2. The van der Waals surface area contributed by atoms with E-state index < -0.39 is 11.7 Å². The van der Waals surface area contributed by atoms with E-state index in [-0.39, 0.29) is 5.69 Å². The van der Waals surface area contributed by atoms with Gasteiger partial charge in [-0.15, -0.1) is 5.11 Å². The van der Waals surface area contributed by atoms with Gasteiger partial charge in [-0.25, -0.2) is 0 Å². The van der Waals surface area contributed by atoms with E-state index in [1.54, 1.807) is 11.1 Å². The number of alkyl halides is 3. The topological polar surface area (TPSA) is 28.0 Å². The molecule has 3 nitrogen and oxygen atoms in total. The van der Waals surface area contributed by atoms with Crippen molar-refractivity contribution in [2.24, 2.45) is 10.3 Å². The summed E-state index contributed by atoms with van der Waals surface area (Å²) in [7, 11) is 0. The van der Waals surface area contributed by atoms with Gasteiger partial charge in [-0.05, 0) is 54.6 Å². The Balaban J connectivity index is 3.09. The van der Waals surface area contributed by atoms with Crippen molar-refractivity contribution >= 4 is 28.3 Å². The Morgan fingerprint density at radius 1 is 1.22 bits per heavy atom. The van der Waals surface area contributed by atoms with Gasteiger partial charge in [0.2, 0.25) is 0 Å². The molecule has 18 heavy (non-hydrogen) atoms. The molecule has 0 atom stereocenters. The lowest BCUT2D eigenvalue weighted by Gasteiger charge is -2.13. The predicted octanol–water partition coefficient (Wildman–Crippen LogP) is 4.65. The highest BCUT2D eigenvalue weighted by Gasteiger charge is 2.33. The number of hydrogen-bond donors (Lipinski definition) is 0. The molecule has 0 bridgehead atoms. The van der Waals surface area contributed by atoms with E-state index in [0.29, 0.717) is 16.7 Å². The van der Waals surface area contributed by atoms with Gasteiger partial charge >= 0.3 is 6.18 Å². The van der Waals surface area contributed by atoms with Crippen molar-refractivity contribution in [1.29, 1.82) is 0 Å². The average Bonchev–Trinajstić information content (AvgIpc) is 2.30. The van der Waals surface area contributed by atoms with Crippen LogP contribution in [0.1, 0.15) is 19.4 Å². The fourth-order valence-corrected chi connectivity index (χ4v) is 1.78. The molecule has 0 aromatic heterocycles. The van der Waals surface area contributed by atoms with Crippen LogP contribution in [0.3, 0.4) is 0 Å². The smallest absolute Gasteiger partial charge is 0.279 e. The Kier molecular flexibility index (Phi) is 5.36. The van der Waals surface area contributed by atoms with E-state index in [9.17, 15) is 13.2 Å². The van der Waals surface area contributed by atoms with Gasteiger partial charge < -0.3 is 0 Å². The van der Waals surface area contributed by atoms with Crippen LogP contribution < -0.4 is 0 Å². The summed E-state index contributed by atoms with van der Waals surface area (Å²) in [6.07, 6.45) is -4.42. The van der Waals surface area contributed by atoms with E-state index in [2.05, 4.69) is 10.3 Å². The van der Waals surface area contributed by atoms with Gasteiger partial charge in [0, 0.05) is 16.7 Å². The third-order valence-corrected chi connectivity index (χ3v) is 2.94. The van der Waals surface area contributed by atoms with Gasteiger partial charge in [0.25, 0.3) is 0 Å². The Bertz CT molecular complexity index is 428. The monoisotopic (exact) mass is 371 g/mol. The molecule has 0 N–H and O–H groups in total. The van der Waals surface area contributed by atoms with Crippen LogP contribution in [0.2, 0.25) is 0 Å². The first-order valence-corrected chi connectivity index (χ1v) is 6.49. The van der Waals surface area contributed by atoms with Crippen LogP contribution in [-0.4, -0.2) is 18.1 Å². The molecule has 0 unspecified atom stereocenters. The van der Waals surface area contributed by atoms with Crippen molar-refractivity contribution in [3.05, 3.63) is 27.3 Å². The Morgan fingerprint density at radius 2 is 1.83 bits per heavy atom. The van der Waals surface area contributed by atoms with Crippen molar-refractivity contribution in [2.45, 2.75) is 20.0 Å². The van der Waals surface area contributed by atoms with Crippen LogP contribution in [0.15, 0.2) is 28.5 Å². The normalized spacial score (nSPS) is 12.1. The van der Waals surface area contributed by atoms with Crippen molar-refractivity contribution in [3.8, 4) is 0 Å². The van der Waals surface area contributed by atoms with Crippen molar-refractivity contribution in [3.63, 3.8) is 0 Å². The molecule has 0 aliphatic carbocycles. The second kappa shape index (κ2) is 6.35. The second-order valence-corrected chi connectivity index (χ2v) is 4.73.